The summed E-state index contributed by atoms with van der Waals surface area (Å²) in [7, 11) is 1.36. The van der Waals surface area contributed by atoms with Crippen LogP contribution in [0, 0.1) is 0 Å². The number of nitrogens with one attached hydrogen (secondary N) is 1. The summed E-state index contributed by atoms with van der Waals surface area (Å²) in [5.74, 6) is -0.270. The molecule has 1 saturated heterocycles. The summed E-state index contributed by atoms with van der Waals surface area (Å²) >= 11 is 0. The number of hydrogen-bond donors (Lipinski definition) is 1. The zero-order chi connectivity index (χ0) is 13.0. The Morgan fingerprint density at radius 1 is 1.50 bits per heavy atom. The van der Waals surface area contributed by atoms with Gasteiger partial charge in [-0.1, -0.05) is 12.1 Å². The Hall–Kier alpha value is -1.88. The maximum absolute atomic E-state index is 11.6. The van der Waals surface area contributed by atoms with Gasteiger partial charge in [0.1, 0.15) is 0 Å². The Bertz CT molecular complexity index is 459. The van der Waals surface area contributed by atoms with Crippen molar-refractivity contribution in [1.82, 2.24) is 10.2 Å². The molecule has 0 atom stereocenters. The van der Waals surface area contributed by atoms with Gasteiger partial charge in [0, 0.05) is 19.6 Å². The monoisotopic (exact) mass is 248 g/mol. The molecule has 1 aromatic carbocycles. The van der Waals surface area contributed by atoms with Crippen LogP contribution in [0.3, 0.4) is 0 Å². The van der Waals surface area contributed by atoms with Crippen LogP contribution in [0.5, 0.6) is 0 Å². The summed E-state index contributed by atoms with van der Waals surface area (Å²) in [6.45, 7) is 2.42. The lowest BCUT2D eigenvalue weighted by molar-refractivity contribution is -0.132. The van der Waals surface area contributed by atoms with Gasteiger partial charge >= 0.3 is 5.97 Å². The van der Waals surface area contributed by atoms with Crippen LogP contribution < -0.4 is 5.32 Å². The van der Waals surface area contributed by atoms with Crippen LogP contribution in [0.1, 0.15) is 15.9 Å². The lowest BCUT2D eigenvalue weighted by Gasteiger charge is -2.27. The normalized spacial score (nSPS) is 15.6. The molecule has 1 aliphatic heterocycles. The summed E-state index contributed by atoms with van der Waals surface area (Å²) in [5.41, 5.74) is 1.45. The van der Waals surface area contributed by atoms with Crippen LogP contribution in [-0.2, 0) is 16.1 Å². The first-order valence-corrected chi connectivity index (χ1v) is 5.86. The first kappa shape index (κ1) is 12.6. The van der Waals surface area contributed by atoms with Crippen LogP contribution in [0.2, 0.25) is 0 Å². The number of carbonyl (C=O) groups is 2. The Kier molecular flexibility index (Phi) is 3.94. The molecule has 1 aliphatic rings. The van der Waals surface area contributed by atoms with Crippen molar-refractivity contribution in [1.29, 1.82) is 0 Å². The lowest BCUT2D eigenvalue weighted by atomic mass is 10.1. The van der Waals surface area contributed by atoms with Gasteiger partial charge in [0.15, 0.2) is 0 Å². The van der Waals surface area contributed by atoms with Gasteiger partial charge in [-0.2, -0.15) is 0 Å². The zero-order valence-electron chi connectivity index (χ0n) is 10.3. The number of esters is 1. The van der Waals surface area contributed by atoms with Crippen molar-refractivity contribution < 1.29 is 14.3 Å². The van der Waals surface area contributed by atoms with E-state index < -0.39 is 0 Å². The molecule has 1 amide bonds. The average molecular weight is 248 g/mol. The molecule has 0 radical (unpaired) electrons. The predicted octanol–water partition coefficient (Wildman–Crippen LogP) is 0.405. The number of ether oxygens (including phenoxy) is 1. The van der Waals surface area contributed by atoms with E-state index >= 15 is 0 Å². The number of carbonyl (C=O) groups excluding carboxylic acids is 2. The fraction of sp³-hybridized carbons (Fsp3) is 0.385. The maximum Gasteiger partial charge on any atom is 0.337 e. The molecule has 0 saturated carbocycles. The highest BCUT2D eigenvalue weighted by molar-refractivity contribution is 5.89. The average Bonchev–Trinajstić information content (AvgIpc) is 2.41. The number of amides is 1. The van der Waals surface area contributed by atoms with E-state index in [0.717, 1.165) is 12.1 Å². The summed E-state index contributed by atoms with van der Waals surface area (Å²) < 4.78 is 4.67. The second-order valence-corrected chi connectivity index (χ2v) is 4.18. The number of benzene rings is 1. The van der Waals surface area contributed by atoms with E-state index in [0.29, 0.717) is 25.2 Å². The third-order valence-electron chi connectivity index (χ3n) is 2.91. The van der Waals surface area contributed by atoms with Gasteiger partial charge in [-0.15, -0.1) is 0 Å². The second kappa shape index (κ2) is 5.64. The molecule has 5 heteroatoms. The van der Waals surface area contributed by atoms with Crippen molar-refractivity contribution in [2.45, 2.75) is 6.54 Å². The molecule has 1 fully saturated rings. The quantitative estimate of drug-likeness (QED) is 0.787. The largest absolute Gasteiger partial charge is 0.465 e. The third kappa shape index (κ3) is 2.87. The minimum absolute atomic E-state index is 0.0877. The lowest BCUT2D eigenvalue weighted by Crippen LogP contribution is -2.47. The summed E-state index contributed by atoms with van der Waals surface area (Å²) in [5, 5.41) is 3.02. The van der Waals surface area contributed by atoms with E-state index in [4.69, 9.17) is 0 Å². The van der Waals surface area contributed by atoms with Gasteiger partial charge in [-0.3, -0.25) is 4.79 Å². The number of hydrogen-bond acceptors (Lipinski definition) is 4. The molecule has 1 N–H and O–H groups in total. The predicted molar refractivity (Wildman–Crippen MR) is 66.1 cm³/mol. The molecular weight excluding hydrogens is 232 g/mol. The number of methoxy groups -OCH3 is 1. The SMILES string of the molecule is COC(=O)c1cccc(CN2CCNCC2=O)c1. The van der Waals surface area contributed by atoms with Gasteiger partial charge in [0.2, 0.25) is 5.91 Å². The Labute approximate surface area is 106 Å². The minimum Gasteiger partial charge on any atom is -0.465 e. The van der Waals surface area contributed by atoms with Crippen molar-refractivity contribution >= 4 is 11.9 Å². The molecule has 5 nitrogen and oxygen atoms in total. The van der Waals surface area contributed by atoms with E-state index in [9.17, 15) is 9.59 Å². The third-order valence-corrected chi connectivity index (χ3v) is 2.91. The number of piperazine rings is 1. The van der Waals surface area contributed by atoms with Gasteiger partial charge < -0.3 is 15.0 Å². The molecule has 1 heterocycles. The van der Waals surface area contributed by atoms with Gasteiger partial charge in [0.05, 0.1) is 19.2 Å². The van der Waals surface area contributed by atoms with E-state index in [1.807, 2.05) is 6.07 Å². The van der Waals surface area contributed by atoms with Crippen LogP contribution in [0.25, 0.3) is 0 Å². The fourth-order valence-electron chi connectivity index (χ4n) is 1.95. The highest BCUT2D eigenvalue weighted by Gasteiger charge is 2.17. The van der Waals surface area contributed by atoms with E-state index in [2.05, 4.69) is 10.1 Å². The Morgan fingerprint density at radius 3 is 3.06 bits per heavy atom. The second-order valence-electron chi connectivity index (χ2n) is 4.18. The molecule has 2 rings (SSSR count). The molecule has 1 aromatic rings. The molecule has 0 unspecified atom stereocenters. The minimum atomic E-state index is -0.358. The van der Waals surface area contributed by atoms with Crippen molar-refractivity contribution in [2.24, 2.45) is 0 Å². The number of nitrogens with zero attached hydrogens (tertiary/aromatic N) is 1. The van der Waals surface area contributed by atoms with Crippen molar-refractivity contribution in [3.63, 3.8) is 0 Å². The van der Waals surface area contributed by atoms with Crippen molar-refractivity contribution in [3.8, 4) is 0 Å². The van der Waals surface area contributed by atoms with Crippen LogP contribution in [-0.4, -0.2) is 43.5 Å². The summed E-state index contributed by atoms with van der Waals surface area (Å²) in [6, 6.07) is 7.17. The van der Waals surface area contributed by atoms with E-state index in [1.165, 1.54) is 7.11 Å². The van der Waals surface area contributed by atoms with Gasteiger partial charge in [0.25, 0.3) is 0 Å². The fourth-order valence-corrected chi connectivity index (χ4v) is 1.95. The first-order valence-electron chi connectivity index (χ1n) is 5.86. The van der Waals surface area contributed by atoms with Crippen LogP contribution in [0.4, 0.5) is 0 Å². The molecule has 0 spiro atoms. The van der Waals surface area contributed by atoms with Crippen LogP contribution in [0.15, 0.2) is 24.3 Å². The molecule has 18 heavy (non-hydrogen) atoms. The molecule has 0 bridgehead atoms. The number of rotatable bonds is 3. The summed E-state index contributed by atoms with van der Waals surface area (Å²) in [6.07, 6.45) is 0. The topological polar surface area (TPSA) is 58.6 Å². The summed E-state index contributed by atoms with van der Waals surface area (Å²) in [4.78, 5) is 24.8. The Morgan fingerprint density at radius 2 is 2.33 bits per heavy atom. The zero-order valence-corrected chi connectivity index (χ0v) is 10.3. The first-order chi connectivity index (χ1) is 8.70. The highest BCUT2D eigenvalue weighted by Crippen LogP contribution is 2.10. The van der Waals surface area contributed by atoms with E-state index in [-0.39, 0.29) is 11.9 Å². The molecular formula is C13H16N2O3. The van der Waals surface area contributed by atoms with Crippen LogP contribution >= 0.6 is 0 Å². The highest BCUT2D eigenvalue weighted by atomic mass is 16.5. The van der Waals surface area contributed by atoms with Gasteiger partial charge in [-0.25, -0.2) is 4.79 Å². The van der Waals surface area contributed by atoms with Gasteiger partial charge in [-0.05, 0) is 17.7 Å². The molecule has 96 valence electrons. The Balaban J connectivity index is 2.09. The molecule has 0 aliphatic carbocycles. The van der Waals surface area contributed by atoms with E-state index in [1.54, 1.807) is 23.1 Å². The standard InChI is InChI=1S/C13H16N2O3/c1-18-13(17)11-4-2-3-10(7-11)9-15-6-5-14-8-12(15)16/h2-4,7,14H,5-6,8-9H2,1H3. The smallest absolute Gasteiger partial charge is 0.337 e. The maximum atomic E-state index is 11.6. The van der Waals surface area contributed by atoms with Crippen molar-refractivity contribution in [3.05, 3.63) is 35.4 Å². The van der Waals surface area contributed by atoms with Crippen molar-refractivity contribution in [2.75, 3.05) is 26.7 Å². The molecule has 0 aromatic heterocycles.